The molecule has 2 unspecified atom stereocenters. The first kappa shape index (κ1) is 13.3. The average molecular weight is 345 g/mol. The number of hydrogen-bond donors (Lipinski definition) is 1. The standard InChI is InChI=1S/C14H20INO/c1-2-16-14(12-6-4-8-17-10-12)11-5-3-7-13(15)9-11/h3,5,7,9,12,14,16H,2,4,6,8,10H2,1H3. The minimum absolute atomic E-state index is 0.440. The summed E-state index contributed by atoms with van der Waals surface area (Å²) in [4.78, 5) is 0. The summed E-state index contributed by atoms with van der Waals surface area (Å²) in [5, 5.41) is 3.61. The Morgan fingerprint density at radius 3 is 3.06 bits per heavy atom. The zero-order valence-electron chi connectivity index (χ0n) is 10.3. The van der Waals surface area contributed by atoms with Crippen molar-refractivity contribution >= 4 is 22.6 Å². The van der Waals surface area contributed by atoms with E-state index in [4.69, 9.17) is 4.74 Å². The Morgan fingerprint density at radius 1 is 1.53 bits per heavy atom. The van der Waals surface area contributed by atoms with Crippen LogP contribution in [-0.4, -0.2) is 19.8 Å². The highest BCUT2D eigenvalue weighted by Crippen LogP contribution is 2.29. The van der Waals surface area contributed by atoms with Gasteiger partial charge in [0.1, 0.15) is 0 Å². The predicted molar refractivity (Wildman–Crippen MR) is 79.1 cm³/mol. The summed E-state index contributed by atoms with van der Waals surface area (Å²) in [5.41, 5.74) is 1.40. The number of benzene rings is 1. The Morgan fingerprint density at radius 2 is 2.41 bits per heavy atom. The van der Waals surface area contributed by atoms with Crippen molar-refractivity contribution in [3.63, 3.8) is 0 Å². The van der Waals surface area contributed by atoms with Gasteiger partial charge >= 0.3 is 0 Å². The third-order valence-corrected chi connectivity index (χ3v) is 3.97. The van der Waals surface area contributed by atoms with Crippen LogP contribution in [0.5, 0.6) is 0 Å². The van der Waals surface area contributed by atoms with Gasteiger partial charge in [-0.25, -0.2) is 0 Å². The smallest absolute Gasteiger partial charge is 0.0512 e. The zero-order valence-corrected chi connectivity index (χ0v) is 12.4. The second kappa shape index (κ2) is 6.71. The molecule has 3 heteroatoms. The van der Waals surface area contributed by atoms with Crippen LogP contribution in [0.1, 0.15) is 31.4 Å². The van der Waals surface area contributed by atoms with E-state index in [2.05, 4.69) is 59.1 Å². The van der Waals surface area contributed by atoms with Crippen LogP contribution in [0, 0.1) is 9.49 Å². The summed E-state index contributed by atoms with van der Waals surface area (Å²) in [7, 11) is 0. The molecule has 0 saturated carbocycles. The van der Waals surface area contributed by atoms with Gasteiger partial charge in [-0.05, 0) is 59.7 Å². The number of hydrogen-bond acceptors (Lipinski definition) is 2. The van der Waals surface area contributed by atoms with Crippen molar-refractivity contribution in [3.05, 3.63) is 33.4 Å². The summed E-state index contributed by atoms with van der Waals surface area (Å²) in [6.45, 7) is 5.00. The van der Waals surface area contributed by atoms with Gasteiger partial charge in [0.05, 0.1) is 6.61 Å². The third kappa shape index (κ3) is 3.66. The van der Waals surface area contributed by atoms with Crippen LogP contribution in [0.15, 0.2) is 24.3 Å². The van der Waals surface area contributed by atoms with Crippen molar-refractivity contribution in [1.82, 2.24) is 5.32 Å². The highest BCUT2D eigenvalue weighted by atomic mass is 127. The van der Waals surface area contributed by atoms with Gasteiger partial charge in [0, 0.05) is 22.1 Å². The van der Waals surface area contributed by atoms with Crippen LogP contribution in [0.3, 0.4) is 0 Å². The summed E-state index contributed by atoms with van der Waals surface area (Å²) in [5.74, 6) is 0.613. The molecule has 2 atom stereocenters. The van der Waals surface area contributed by atoms with Crippen molar-refractivity contribution in [2.75, 3.05) is 19.8 Å². The van der Waals surface area contributed by atoms with Gasteiger partial charge < -0.3 is 10.1 Å². The van der Waals surface area contributed by atoms with E-state index in [0.717, 1.165) is 19.8 Å². The molecular weight excluding hydrogens is 325 g/mol. The molecule has 1 heterocycles. The van der Waals surface area contributed by atoms with Gasteiger partial charge in [-0.1, -0.05) is 19.1 Å². The van der Waals surface area contributed by atoms with E-state index in [1.807, 2.05) is 0 Å². The lowest BCUT2D eigenvalue weighted by molar-refractivity contribution is 0.0393. The number of nitrogens with one attached hydrogen (secondary N) is 1. The van der Waals surface area contributed by atoms with Crippen molar-refractivity contribution < 1.29 is 4.74 Å². The Hall–Kier alpha value is -0.130. The van der Waals surface area contributed by atoms with E-state index in [-0.39, 0.29) is 0 Å². The fourth-order valence-corrected chi connectivity index (χ4v) is 3.07. The van der Waals surface area contributed by atoms with E-state index < -0.39 is 0 Å². The van der Waals surface area contributed by atoms with Crippen LogP contribution in [0.4, 0.5) is 0 Å². The molecule has 1 fully saturated rings. The van der Waals surface area contributed by atoms with Gasteiger partial charge in [0.25, 0.3) is 0 Å². The molecule has 2 rings (SSSR count). The number of ether oxygens (including phenoxy) is 1. The molecule has 1 aliphatic heterocycles. The largest absolute Gasteiger partial charge is 0.381 e. The molecule has 17 heavy (non-hydrogen) atoms. The summed E-state index contributed by atoms with van der Waals surface area (Å²) >= 11 is 2.38. The normalized spacial score (nSPS) is 22.4. The lowest BCUT2D eigenvalue weighted by atomic mass is 9.89. The van der Waals surface area contributed by atoms with Crippen LogP contribution in [-0.2, 0) is 4.74 Å². The Bertz CT molecular complexity index is 350. The molecule has 0 bridgehead atoms. The molecule has 0 amide bonds. The van der Waals surface area contributed by atoms with Gasteiger partial charge in [-0.2, -0.15) is 0 Å². The van der Waals surface area contributed by atoms with E-state index >= 15 is 0 Å². The van der Waals surface area contributed by atoms with E-state index in [0.29, 0.717) is 12.0 Å². The Balaban J connectivity index is 2.15. The van der Waals surface area contributed by atoms with Crippen molar-refractivity contribution in [3.8, 4) is 0 Å². The topological polar surface area (TPSA) is 21.3 Å². The number of rotatable bonds is 4. The molecule has 2 nitrogen and oxygen atoms in total. The van der Waals surface area contributed by atoms with Crippen molar-refractivity contribution in [2.24, 2.45) is 5.92 Å². The van der Waals surface area contributed by atoms with Gasteiger partial charge in [-0.15, -0.1) is 0 Å². The van der Waals surface area contributed by atoms with Gasteiger partial charge in [0.2, 0.25) is 0 Å². The first-order valence-electron chi connectivity index (χ1n) is 6.38. The molecule has 0 aliphatic carbocycles. The molecule has 0 aromatic heterocycles. The van der Waals surface area contributed by atoms with Crippen LogP contribution in [0.25, 0.3) is 0 Å². The predicted octanol–water partition coefficient (Wildman–Crippen LogP) is 3.37. The Kier molecular flexibility index (Phi) is 5.25. The molecule has 1 saturated heterocycles. The van der Waals surface area contributed by atoms with Crippen molar-refractivity contribution in [1.29, 1.82) is 0 Å². The quantitative estimate of drug-likeness (QED) is 0.845. The van der Waals surface area contributed by atoms with Gasteiger partial charge in [0.15, 0.2) is 0 Å². The zero-order chi connectivity index (χ0) is 12.1. The van der Waals surface area contributed by atoms with E-state index in [1.54, 1.807) is 0 Å². The maximum absolute atomic E-state index is 5.62. The van der Waals surface area contributed by atoms with Crippen molar-refractivity contribution in [2.45, 2.75) is 25.8 Å². The molecule has 1 N–H and O–H groups in total. The maximum Gasteiger partial charge on any atom is 0.0512 e. The molecule has 1 aromatic carbocycles. The lowest BCUT2D eigenvalue weighted by Crippen LogP contribution is -2.33. The third-order valence-electron chi connectivity index (χ3n) is 3.30. The fraction of sp³-hybridized carbons (Fsp3) is 0.571. The minimum Gasteiger partial charge on any atom is -0.381 e. The summed E-state index contributed by atoms with van der Waals surface area (Å²) < 4.78 is 6.92. The molecule has 94 valence electrons. The molecule has 1 aromatic rings. The molecule has 0 spiro atoms. The highest BCUT2D eigenvalue weighted by Gasteiger charge is 2.24. The molecule has 0 radical (unpaired) electrons. The first-order chi connectivity index (χ1) is 8.31. The minimum atomic E-state index is 0.440. The lowest BCUT2D eigenvalue weighted by Gasteiger charge is -2.31. The van der Waals surface area contributed by atoms with Crippen LogP contribution >= 0.6 is 22.6 Å². The van der Waals surface area contributed by atoms with E-state index in [1.165, 1.54) is 22.0 Å². The second-order valence-electron chi connectivity index (χ2n) is 4.57. The average Bonchev–Trinajstić information content (AvgIpc) is 2.37. The van der Waals surface area contributed by atoms with Crippen LogP contribution < -0.4 is 5.32 Å². The SMILES string of the molecule is CCNC(c1cccc(I)c1)C1CCCOC1. The monoisotopic (exact) mass is 345 g/mol. The molecule has 1 aliphatic rings. The highest BCUT2D eigenvalue weighted by molar-refractivity contribution is 14.1. The Labute approximate surface area is 117 Å². The summed E-state index contributed by atoms with van der Waals surface area (Å²) in [6.07, 6.45) is 2.46. The number of halogens is 1. The first-order valence-corrected chi connectivity index (χ1v) is 7.45. The van der Waals surface area contributed by atoms with E-state index in [9.17, 15) is 0 Å². The fourth-order valence-electron chi connectivity index (χ4n) is 2.51. The van der Waals surface area contributed by atoms with Crippen LogP contribution in [0.2, 0.25) is 0 Å². The maximum atomic E-state index is 5.62. The molecular formula is C14H20INO. The van der Waals surface area contributed by atoms with Gasteiger partial charge in [-0.3, -0.25) is 0 Å². The second-order valence-corrected chi connectivity index (χ2v) is 5.81. The summed E-state index contributed by atoms with van der Waals surface area (Å²) in [6, 6.07) is 9.23.